The quantitative estimate of drug-likeness (QED) is 0.935. The van der Waals surface area contributed by atoms with Crippen molar-refractivity contribution in [3.05, 3.63) is 59.4 Å². The van der Waals surface area contributed by atoms with Gasteiger partial charge in [0.05, 0.1) is 7.11 Å². The lowest BCUT2D eigenvalue weighted by molar-refractivity contribution is 0.414. The van der Waals surface area contributed by atoms with Crippen molar-refractivity contribution in [1.29, 1.82) is 0 Å². The van der Waals surface area contributed by atoms with Crippen LogP contribution in [0.4, 0.5) is 0 Å². The molecule has 1 N–H and O–H groups in total. The molecular weight excluding hydrogens is 260 g/mol. The van der Waals surface area contributed by atoms with Crippen molar-refractivity contribution in [1.82, 2.24) is 10.3 Å². The Morgan fingerprint density at radius 1 is 1.14 bits per heavy atom. The van der Waals surface area contributed by atoms with Crippen LogP contribution in [0.5, 0.6) is 5.75 Å². The number of nitrogens with one attached hydrogen (secondary N) is 1. The summed E-state index contributed by atoms with van der Waals surface area (Å²) in [6.45, 7) is 2.21. The van der Waals surface area contributed by atoms with Gasteiger partial charge in [-0.1, -0.05) is 18.2 Å². The van der Waals surface area contributed by atoms with Gasteiger partial charge < -0.3 is 10.1 Å². The average molecular weight is 282 g/mol. The molecule has 0 radical (unpaired) electrons. The van der Waals surface area contributed by atoms with Gasteiger partial charge in [-0.25, -0.2) is 0 Å². The fourth-order valence-electron chi connectivity index (χ4n) is 2.93. The van der Waals surface area contributed by atoms with Gasteiger partial charge in [0.25, 0.3) is 0 Å². The normalized spacial score (nSPS) is 15.9. The van der Waals surface area contributed by atoms with Crippen molar-refractivity contribution in [3.63, 3.8) is 0 Å². The van der Waals surface area contributed by atoms with E-state index in [0.717, 1.165) is 31.0 Å². The molecule has 2 heterocycles. The smallest absolute Gasteiger partial charge is 0.119 e. The zero-order valence-electron chi connectivity index (χ0n) is 12.5. The Hall–Kier alpha value is -1.87. The molecule has 1 saturated heterocycles. The van der Waals surface area contributed by atoms with E-state index in [1.807, 2.05) is 12.1 Å². The molecule has 1 fully saturated rings. The van der Waals surface area contributed by atoms with Crippen molar-refractivity contribution >= 4 is 0 Å². The Labute approximate surface area is 126 Å². The molecule has 1 aromatic heterocycles. The van der Waals surface area contributed by atoms with E-state index in [2.05, 4.69) is 35.6 Å². The van der Waals surface area contributed by atoms with Crippen LogP contribution in [0.1, 0.15) is 35.7 Å². The Kier molecular flexibility index (Phi) is 4.51. The third kappa shape index (κ3) is 3.61. The first-order valence-corrected chi connectivity index (χ1v) is 7.64. The van der Waals surface area contributed by atoms with E-state index >= 15 is 0 Å². The first-order chi connectivity index (χ1) is 10.3. The summed E-state index contributed by atoms with van der Waals surface area (Å²) in [6, 6.07) is 14.6. The van der Waals surface area contributed by atoms with Crippen molar-refractivity contribution in [2.45, 2.75) is 25.2 Å². The second-order valence-electron chi connectivity index (χ2n) is 5.61. The molecule has 0 aliphatic carbocycles. The molecule has 3 rings (SSSR count). The Balaban J connectivity index is 1.76. The molecule has 110 valence electrons. The second kappa shape index (κ2) is 6.72. The summed E-state index contributed by atoms with van der Waals surface area (Å²) in [6.07, 6.45) is 3.24. The van der Waals surface area contributed by atoms with Crippen LogP contribution in [0.3, 0.4) is 0 Å². The van der Waals surface area contributed by atoms with Gasteiger partial charge in [-0.2, -0.15) is 0 Å². The summed E-state index contributed by atoms with van der Waals surface area (Å²) in [5.74, 6) is 1.51. The maximum absolute atomic E-state index is 5.28. The fraction of sp³-hybridized carbons (Fsp3) is 0.389. The van der Waals surface area contributed by atoms with Gasteiger partial charge in [0, 0.05) is 23.7 Å². The molecule has 21 heavy (non-hydrogen) atoms. The van der Waals surface area contributed by atoms with E-state index in [-0.39, 0.29) is 0 Å². The standard InChI is InChI=1S/C18H22N2O/c1-21-17-6-2-4-14(13-17)12-16-5-3-7-18(20-16)15-8-10-19-11-9-15/h2-7,13,15,19H,8-12H2,1H3. The average Bonchev–Trinajstić information content (AvgIpc) is 2.56. The highest BCUT2D eigenvalue weighted by atomic mass is 16.5. The third-order valence-electron chi connectivity index (χ3n) is 4.11. The molecule has 2 aromatic rings. The van der Waals surface area contributed by atoms with Gasteiger partial charge in [-0.15, -0.1) is 0 Å². The monoisotopic (exact) mass is 282 g/mol. The van der Waals surface area contributed by atoms with Crippen LogP contribution in [0.15, 0.2) is 42.5 Å². The van der Waals surface area contributed by atoms with E-state index < -0.39 is 0 Å². The number of pyridine rings is 1. The van der Waals surface area contributed by atoms with Crippen LogP contribution < -0.4 is 10.1 Å². The maximum Gasteiger partial charge on any atom is 0.119 e. The molecule has 0 unspecified atom stereocenters. The van der Waals surface area contributed by atoms with E-state index in [4.69, 9.17) is 9.72 Å². The molecule has 1 aliphatic heterocycles. The largest absolute Gasteiger partial charge is 0.497 e. The first kappa shape index (κ1) is 14.1. The topological polar surface area (TPSA) is 34.1 Å². The van der Waals surface area contributed by atoms with E-state index in [9.17, 15) is 0 Å². The Morgan fingerprint density at radius 3 is 2.76 bits per heavy atom. The van der Waals surface area contributed by atoms with E-state index in [1.54, 1.807) is 7.11 Å². The number of benzene rings is 1. The molecule has 0 amide bonds. The summed E-state index contributed by atoms with van der Waals surface area (Å²) < 4.78 is 5.28. The summed E-state index contributed by atoms with van der Waals surface area (Å²) in [4.78, 5) is 4.88. The predicted octanol–water partition coefficient (Wildman–Crippen LogP) is 3.15. The van der Waals surface area contributed by atoms with Crippen molar-refractivity contribution in [2.24, 2.45) is 0 Å². The molecule has 0 atom stereocenters. The molecule has 1 aliphatic rings. The van der Waals surface area contributed by atoms with Crippen LogP contribution >= 0.6 is 0 Å². The molecule has 0 bridgehead atoms. The number of nitrogens with zero attached hydrogens (tertiary/aromatic N) is 1. The number of methoxy groups -OCH3 is 1. The molecule has 3 nitrogen and oxygen atoms in total. The number of hydrogen-bond donors (Lipinski definition) is 1. The van der Waals surface area contributed by atoms with Crippen molar-refractivity contribution in [2.75, 3.05) is 20.2 Å². The minimum Gasteiger partial charge on any atom is -0.497 e. The highest BCUT2D eigenvalue weighted by molar-refractivity contribution is 5.31. The Morgan fingerprint density at radius 2 is 1.95 bits per heavy atom. The van der Waals surface area contributed by atoms with Gasteiger partial charge >= 0.3 is 0 Å². The molecule has 3 heteroatoms. The van der Waals surface area contributed by atoms with Crippen LogP contribution in [-0.2, 0) is 6.42 Å². The van der Waals surface area contributed by atoms with E-state index in [0.29, 0.717) is 5.92 Å². The molecule has 0 spiro atoms. The zero-order chi connectivity index (χ0) is 14.5. The lowest BCUT2D eigenvalue weighted by atomic mass is 9.94. The lowest BCUT2D eigenvalue weighted by Crippen LogP contribution is -2.27. The number of aromatic nitrogens is 1. The summed E-state index contributed by atoms with van der Waals surface area (Å²) in [5.41, 5.74) is 3.63. The number of hydrogen-bond acceptors (Lipinski definition) is 3. The maximum atomic E-state index is 5.28. The van der Waals surface area contributed by atoms with Crippen LogP contribution in [0, 0.1) is 0 Å². The molecule has 0 saturated carbocycles. The number of ether oxygens (including phenoxy) is 1. The van der Waals surface area contributed by atoms with Crippen LogP contribution in [0.25, 0.3) is 0 Å². The van der Waals surface area contributed by atoms with Crippen molar-refractivity contribution < 1.29 is 4.74 Å². The number of piperidine rings is 1. The van der Waals surface area contributed by atoms with Gasteiger partial charge in [0.15, 0.2) is 0 Å². The van der Waals surface area contributed by atoms with Gasteiger partial charge in [-0.3, -0.25) is 4.98 Å². The fourth-order valence-corrected chi connectivity index (χ4v) is 2.93. The first-order valence-electron chi connectivity index (χ1n) is 7.64. The van der Waals surface area contributed by atoms with Gasteiger partial charge in [0.1, 0.15) is 5.75 Å². The lowest BCUT2D eigenvalue weighted by Gasteiger charge is -2.22. The SMILES string of the molecule is COc1cccc(Cc2cccc(C3CCNCC3)n2)c1. The molecule has 1 aromatic carbocycles. The van der Waals surface area contributed by atoms with Gasteiger partial charge in [-0.05, 0) is 55.8 Å². The third-order valence-corrected chi connectivity index (χ3v) is 4.11. The van der Waals surface area contributed by atoms with Crippen LogP contribution in [-0.4, -0.2) is 25.2 Å². The Bertz CT molecular complexity index is 591. The van der Waals surface area contributed by atoms with E-state index in [1.165, 1.54) is 24.1 Å². The molecular formula is C18H22N2O. The second-order valence-corrected chi connectivity index (χ2v) is 5.61. The summed E-state index contributed by atoms with van der Waals surface area (Å²) in [5, 5.41) is 3.41. The summed E-state index contributed by atoms with van der Waals surface area (Å²) in [7, 11) is 1.70. The van der Waals surface area contributed by atoms with Gasteiger partial charge in [0.2, 0.25) is 0 Å². The minimum absolute atomic E-state index is 0.608. The van der Waals surface area contributed by atoms with Crippen molar-refractivity contribution in [3.8, 4) is 5.75 Å². The number of rotatable bonds is 4. The minimum atomic E-state index is 0.608. The zero-order valence-corrected chi connectivity index (χ0v) is 12.5. The highest BCUT2D eigenvalue weighted by Crippen LogP contribution is 2.24. The predicted molar refractivity (Wildman–Crippen MR) is 84.9 cm³/mol. The van der Waals surface area contributed by atoms with Crippen LogP contribution in [0.2, 0.25) is 0 Å². The highest BCUT2D eigenvalue weighted by Gasteiger charge is 2.16. The summed E-state index contributed by atoms with van der Waals surface area (Å²) >= 11 is 0.